The second-order valence-corrected chi connectivity index (χ2v) is 6.40. The first-order valence-electron chi connectivity index (χ1n) is 7.59. The molecule has 0 N–H and O–H groups in total. The fourth-order valence-corrected chi connectivity index (χ4v) is 3.07. The second kappa shape index (κ2) is 8.58. The number of carbonyl (C=O) groups excluding carboxylic acids is 1. The third kappa shape index (κ3) is 4.54. The summed E-state index contributed by atoms with van der Waals surface area (Å²) in [7, 11) is 0. The molecule has 1 heterocycles. The van der Waals surface area contributed by atoms with E-state index in [9.17, 15) is 18.8 Å². The number of ether oxygens (including phenoxy) is 1. The number of hydrogen-bond donors (Lipinski definition) is 0. The number of benzene rings is 1. The van der Waals surface area contributed by atoms with Gasteiger partial charge in [0.25, 0.3) is 6.43 Å². The van der Waals surface area contributed by atoms with E-state index in [0.29, 0.717) is 11.3 Å². The molecule has 0 spiro atoms. The van der Waals surface area contributed by atoms with Crippen molar-refractivity contribution in [3.8, 4) is 17.3 Å². The van der Waals surface area contributed by atoms with Crippen molar-refractivity contribution in [2.24, 2.45) is 0 Å². The average Bonchev–Trinajstić information content (AvgIpc) is 2.61. The van der Waals surface area contributed by atoms with Gasteiger partial charge < -0.3 is 4.74 Å². The van der Waals surface area contributed by atoms with Gasteiger partial charge in [-0.05, 0) is 19.9 Å². The monoisotopic (exact) mass is 362 g/mol. The van der Waals surface area contributed by atoms with Crippen LogP contribution in [0.5, 0.6) is 0 Å². The standard InChI is InChI=1S/C18H16F2N2O2S/c1-3-24-18(23)11(2)25-17-14(10-21)13(16(19)20)9-15(22-17)12-7-5-4-6-8-12/h4-9,11,16H,3H2,1-2H3. The third-order valence-electron chi connectivity index (χ3n) is 3.34. The smallest absolute Gasteiger partial charge is 0.319 e. The molecule has 0 fully saturated rings. The number of esters is 1. The highest BCUT2D eigenvalue weighted by Crippen LogP contribution is 2.35. The Labute approximate surface area is 148 Å². The van der Waals surface area contributed by atoms with Gasteiger partial charge >= 0.3 is 5.97 Å². The molecule has 1 unspecified atom stereocenters. The van der Waals surface area contributed by atoms with Crippen LogP contribution in [0.1, 0.15) is 31.4 Å². The predicted octanol–water partition coefficient (Wildman–Crippen LogP) is 4.60. The number of hydrogen-bond acceptors (Lipinski definition) is 5. The SMILES string of the molecule is CCOC(=O)C(C)Sc1nc(-c2ccccc2)cc(C(F)F)c1C#N. The van der Waals surface area contributed by atoms with Crippen LogP contribution < -0.4 is 0 Å². The number of pyridine rings is 1. The molecule has 0 bridgehead atoms. The molecule has 1 aromatic heterocycles. The molecule has 0 saturated heterocycles. The molecular weight excluding hydrogens is 346 g/mol. The van der Waals surface area contributed by atoms with Crippen molar-refractivity contribution in [1.82, 2.24) is 4.98 Å². The fraction of sp³-hybridized carbons (Fsp3) is 0.278. The first kappa shape index (κ1) is 18.9. The van der Waals surface area contributed by atoms with Crippen LogP contribution in [0.4, 0.5) is 8.78 Å². The summed E-state index contributed by atoms with van der Waals surface area (Å²) in [6.45, 7) is 3.48. The van der Waals surface area contributed by atoms with Crippen LogP contribution in [-0.4, -0.2) is 22.8 Å². The number of carbonyl (C=O) groups is 1. The normalized spacial score (nSPS) is 11.8. The molecule has 0 aliphatic heterocycles. The van der Waals surface area contributed by atoms with Crippen molar-refractivity contribution in [3.63, 3.8) is 0 Å². The summed E-state index contributed by atoms with van der Waals surface area (Å²) >= 11 is 0.942. The number of nitriles is 1. The van der Waals surface area contributed by atoms with E-state index in [4.69, 9.17) is 4.74 Å². The zero-order chi connectivity index (χ0) is 18.4. The lowest BCUT2D eigenvalue weighted by Gasteiger charge is -2.14. The summed E-state index contributed by atoms with van der Waals surface area (Å²) in [6.07, 6.45) is -2.82. The Morgan fingerprint density at radius 3 is 2.60 bits per heavy atom. The average molecular weight is 362 g/mol. The number of halogens is 2. The Kier molecular flexibility index (Phi) is 6.48. The van der Waals surface area contributed by atoms with Gasteiger partial charge in [-0.15, -0.1) is 0 Å². The van der Waals surface area contributed by atoms with Crippen LogP contribution in [-0.2, 0) is 9.53 Å². The Balaban J connectivity index is 2.51. The van der Waals surface area contributed by atoms with Crippen molar-refractivity contribution in [2.45, 2.75) is 30.5 Å². The second-order valence-electron chi connectivity index (χ2n) is 5.07. The molecule has 0 amide bonds. The van der Waals surface area contributed by atoms with Crippen LogP contribution in [0.3, 0.4) is 0 Å². The quantitative estimate of drug-likeness (QED) is 0.555. The summed E-state index contributed by atoms with van der Waals surface area (Å²) in [6, 6.07) is 11.8. The maximum absolute atomic E-state index is 13.4. The van der Waals surface area contributed by atoms with Crippen molar-refractivity contribution >= 4 is 17.7 Å². The summed E-state index contributed by atoms with van der Waals surface area (Å²) < 4.78 is 31.8. The van der Waals surface area contributed by atoms with Crippen LogP contribution in [0.25, 0.3) is 11.3 Å². The summed E-state index contributed by atoms with van der Waals surface area (Å²) in [4.78, 5) is 16.2. The van der Waals surface area contributed by atoms with Gasteiger partial charge in [0, 0.05) is 11.1 Å². The lowest BCUT2D eigenvalue weighted by Crippen LogP contribution is -2.17. The summed E-state index contributed by atoms with van der Waals surface area (Å²) in [5.41, 5.74) is 0.374. The fourth-order valence-electron chi connectivity index (χ4n) is 2.14. The van der Waals surface area contributed by atoms with Gasteiger partial charge in [-0.3, -0.25) is 4.79 Å². The zero-order valence-electron chi connectivity index (χ0n) is 13.7. The first-order valence-corrected chi connectivity index (χ1v) is 8.47. The van der Waals surface area contributed by atoms with Gasteiger partial charge in [0.15, 0.2) is 0 Å². The first-order chi connectivity index (χ1) is 12.0. The highest BCUT2D eigenvalue weighted by molar-refractivity contribution is 8.00. The third-order valence-corrected chi connectivity index (χ3v) is 4.40. The van der Waals surface area contributed by atoms with E-state index in [-0.39, 0.29) is 17.2 Å². The minimum Gasteiger partial charge on any atom is -0.465 e. The molecule has 0 aliphatic rings. The molecule has 0 aliphatic carbocycles. The number of rotatable bonds is 6. The van der Waals surface area contributed by atoms with E-state index >= 15 is 0 Å². The van der Waals surface area contributed by atoms with E-state index < -0.39 is 23.2 Å². The number of thioether (sulfide) groups is 1. The minimum atomic E-state index is -2.82. The highest BCUT2D eigenvalue weighted by atomic mass is 32.2. The van der Waals surface area contributed by atoms with Crippen LogP contribution in [0.2, 0.25) is 0 Å². The largest absolute Gasteiger partial charge is 0.465 e. The Bertz CT molecular complexity index is 792. The van der Waals surface area contributed by atoms with Crippen molar-refractivity contribution in [2.75, 3.05) is 6.61 Å². The molecule has 25 heavy (non-hydrogen) atoms. The molecule has 2 aromatic rings. The maximum atomic E-state index is 13.4. The summed E-state index contributed by atoms with van der Waals surface area (Å²) in [5.74, 6) is -0.484. The van der Waals surface area contributed by atoms with Crippen molar-refractivity contribution in [3.05, 3.63) is 47.5 Å². The topological polar surface area (TPSA) is 63.0 Å². The van der Waals surface area contributed by atoms with E-state index in [1.807, 2.05) is 0 Å². The van der Waals surface area contributed by atoms with E-state index in [0.717, 1.165) is 11.8 Å². The van der Waals surface area contributed by atoms with Gasteiger partial charge in [-0.25, -0.2) is 13.8 Å². The molecule has 7 heteroatoms. The minimum absolute atomic E-state index is 0.0970. The molecule has 1 aromatic carbocycles. The molecular formula is C18H16F2N2O2S. The molecule has 4 nitrogen and oxygen atoms in total. The molecule has 0 radical (unpaired) electrons. The van der Waals surface area contributed by atoms with Gasteiger partial charge in [-0.2, -0.15) is 5.26 Å². The van der Waals surface area contributed by atoms with Gasteiger partial charge in [-0.1, -0.05) is 42.1 Å². The highest BCUT2D eigenvalue weighted by Gasteiger charge is 2.24. The van der Waals surface area contributed by atoms with Crippen molar-refractivity contribution < 1.29 is 18.3 Å². The predicted molar refractivity (Wildman–Crippen MR) is 91.3 cm³/mol. The van der Waals surface area contributed by atoms with Gasteiger partial charge in [0.1, 0.15) is 16.3 Å². The number of aromatic nitrogens is 1. The van der Waals surface area contributed by atoms with Crippen LogP contribution in [0.15, 0.2) is 41.4 Å². The lowest BCUT2D eigenvalue weighted by molar-refractivity contribution is -0.142. The van der Waals surface area contributed by atoms with Gasteiger partial charge in [0.2, 0.25) is 0 Å². The van der Waals surface area contributed by atoms with Crippen LogP contribution in [0, 0.1) is 11.3 Å². The Morgan fingerprint density at radius 2 is 2.04 bits per heavy atom. The van der Waals surface area contributed by atoms with E-state index in [2.05, 4.69) is 4.98 Å². The number of alkyl halides is 2. The molecule has 0 saturated carbocycles. The molecule has 2 rings (SSSR count). The molecule has 1 atom stereocenters. The summed E-state index contributed by atoms with van der Waals surface area (Å²) in [5, 5.41) is 8.74. The van der Waals surface area contributed by atoms with E-state index in [1.165, 1.54) is 6.07 Å². The van der Waals surface area contributed by atoms with Crippen LogP contribution >= 0.6 is 11.8 Å². The maximum Gasteiger partial charge on any atom is 0.319 e. The van der Waals surface area contributed by atoms with Gasteiger partial charge in [0.05, 0.1) is 17.9 Å². The molecule has 130 valence electrons. The Hall–Kier alpha value is -2.46. The number of nitrogens with zero attached hydrogens (tertiary/aromatic N) is 2. The Morgan fingerprint density at radius 1 is 1.36 bits per heavy atom. The lowest BCUT2D eigenvalue weighted by atomic mass is 10.1. The van der Waals surface area contributed by atoms with E-state index in [1.54, 1.807) is 50.2 Å². The zero-order valence-corrected chi connectivity index (χ0v) is 14.5. The van der Waals surface area contributed by atoms with Crippen molar-refractivity contribution in [1.29, 1.82) is 5.26 Å².